The molecule has 1 aliphatic heterocycles. The fourth-order valence-electron chi connectivity index (χ4n) is 4.10. The summed E-state index contributed by atoms with van der Waals surface area (Å²) in [5, 5.41) is 8.96. The fraction of sp³-hybridized carbons (Fsp3) is 0.667. The van der Waals surface area contributed by atoms with Crippen LogP contribution in [-0.4, -0.2) is 66.9 Å². The summed E-state index contributed by atoms with van der Waals surface area (Å²) in [6.45, 7) is 11.9. The Morgan fingerprint density at radius 3 is 2.44 bits per heavy atom. The van der Waals surface area contributed by atoms with Crippen LogP contribution in [0, 0.1) is 5.92 Å². The average molecular weight is 505 g/mol. The highest BCUT2D eigenvalue weighted by molar-refractivity contribution is 5.82. The van der Waals surface area contributed by atoms with Gasteiger partial charge in [0.1, 0.15) is 12.2 Å². The van der Waals surface area contributed by atoms with Crippen molar-refractivity contribution in [2.45, 2.75) is 84.6 Å². The normalized spacial score (nSPS) is 18.5. The lowest BCUT2D eigenvalue weighted by Gasteiger charge is -2.28. The molecule has 0 spiro atoms. The van der Waals surface area contributed by atoms with Gasteiger partial charge in [-0.15, -0.1) is 0 Å². The van der Waals surface area contributed by atoms with Crippen molar-refractivity contribution >= 4 is 18.1 Å². The highest BCUT2D eigenvalue weighted by Gasteiger charge is 2.31. The third-order valence-corrected chi connectivity index (χ3v) is 6.23. The molecular weight excluding hydrogens is 460 g/mol. The molecule has 2 atom stereocenters. The van der Waals surface area contributed by atoms with Gasteiger partial charge in [0.05, 0.1) is 6.04 Å². The Balaban J connectivity index is 1.94. The molecule has 0 radical (unpaired) electrons. The van der Waals surface area contributed by atoms with Crippen molar-refractivity contribution in [3.05, 3.63) is 35.9 Å². The lowest BCUT2D eigenvalue weighted by Crippen LogP contribution is -2.50. The number of amides is 3. The molecule has 1 aromatic carbocycles. The molecule has 1 aliphatic rings. The summed E-state index contributed by atoms with van der Waals surface area (Å²) in [6, 6.07) is 8.93. The van der Waals surface area contributed by atoms with Crippen LogP contribution in [0.3, 0.4) is 0 Å². The molecular formula is C27H44N4O5. The quantitative estimate of drug-likeness (QED) is 0.423. The van der Waals surface area contributed by atoms with Gasteiger partial charge >= 0.3 is 12.2 Å². The summed E-state index contributed by atoms with van der Waals surface area (Å²) in [5.41, 5.74) is 0.332. The van der Waals surface area contributed by atoms with Gasteiger partial charge in [0.2, 0.25) is 5.91 Å². The van der Waals surface area contributed by atoms with E-state index in [1.807, 2.05) is 35.2 Å². The lowest BCUT2D eigenvalue weighted by molar-refractivity contribution is -0.133. The van der Waals surface area contributed by atoms with Gasteiger partial charge in [0.15, 0.2) is 0 Å². The van der Waals surface area contributed by atoms with Crippen molar-refractivity contribution in [3.63, 3.8) is 0 Å². The van der Waals surface area contributed by atoms with Gasteiger partial charge in [-0.05, 0) is 45.1 Å². The van der Waals surface area contributed by atoms with Crippen LogP contribution < -0.4 is 16.0 Å². The second-order valence-corrected chi connectivity index (χ2v) is 10.3. The molecule has 0 bridgehead atoms. The lowest BCUT2D eigenvalue weighted by atomic mass is 10.0. The predicted molar refractivity (Wildman–Crippen MR) is 139 cm³/mol. The first-order chi connectivity index (χ1) is 17.1. The van der Waals surface area contributed by atoms with Crippen LogP contribution >= 0.6 is 0 Å². The second-order valence-electron chi connectivity index (χ2n) is 10.3. The molecule has 1 heterocycles. The molecule has 0 aromatic heterocycles. The minimum atomic E-state index is -0.585. The third kappa shape index (κ3) is 10.8. The number of carbonyl (C=O) groups is 3. The number of alkyl carbamates (subject to hydrolysis) is 2. The molecule has 2 rings (SSSR count). The molecule has 202 valence electrons. The van der Waals surface area contributed by atoms with Crippen LogP contribution in [0.4, 0.5) is 9.59 Å². The maximum Gasteiger partial charge on any atom is 0.407 e. The molecule has 1 fully saturated rings. The number of ether oxygens (including phenoxy) is 2. The first-order valence-electron chi connectivity index (χ1n) is 13.1. The largest absolute Gasteiger partial charge is 0.445 e. The predicted octanol–water partition coefficient (Wildman–Crippen LogP) is 3.82. The number of nitrogens with zero attached hydrogens (tertiary/aromatic N) is 1. The first kappa shape index (κ1) is 29.4. The van der Waals surface area contributed by atoms with Crippen molar-refractivity contribution in [1.29, 1.82) is 0 Å². The number of carbonyl (C=O) groups excluding carboxylic acids is 3. The SMILES string of the molecule is CCC(CC)CN1CCC(CNC(=O)OCc2ccccc2)NC(CCNC(=O)OC(C)(C)C)C1=O. The molecule has 0 aliphatic carbocycles. The smallest absolute Gasteiger partial charge is 0.407 e. The minimum absolute atomic E-state index is 0.0297. The zero-order valence-electron chi connectivity index (χ0n) is 22.5. The van der Waals surface area contributed by atoms with Gasteiger partial charge < -0.3 is 30.3 Å². The van der Waals surface area contributed by atoms with E-state index in [-0.39, 0.29) is 18.6 Å². The van der Waals surface area contributed by atoms with E-state index in [0.29, 0.717) is 44.9 Å². The molecule has 9 nitrogen and oxygen atoms in total. The van der Waals surface area contributed by atoms with E-state index in [1.165, 1.54) is 0 Å². The Morgan fingerprint density at radius 2 is 1.81 bits per heavy atom. The molecule has 1 saturated heterocycles. The Kier molecular flexibility index (Phi) is 12.0. The maximum atomic E-state index is 13.4. The molecule has 3 N–H and O–H groups in total. The van der Waals surface area contributed by atoms with Crippen molar-refractivity contribution in [2.75, 3.05) is 26.2 Å². The van der Waals surface area contributed by atoms with Crippen LogP contribution in [0.15, 0.2) is 30.3 Å². The van der Waals surface area contributed by atoms with Crippen LogP contribution in [0.5, 0.6) is 0 Å². The van der Waals surface area contributed by atoms with E-state index in [9.17, 15) is 14.4 Å². The molecule has 36 heavy (non-hydrogen) atoms. The Morgan fingerprint density at radius 1 is 1.11 bits per heavy atom. The second kappa shape index (κ2) is 14.7. The molecule has 2 unspecified atom stereocenters. The zero-order valence-corrected chi connectivity index (χ0v) is 22.5. The summed E-state index contributed by atoms with van der Waals surface area (Å²) in [6.07, 6.45) is 2.16. The van der Waals surface area contributed by atoms with E-state index in [1.54, 1.807) is 20.8 Å². The Hall–Kier alpha value is -2.81. The number of benzene rings is 1. The topological polar surface area (TPSA) is 109 Å². The van der Waals surface area contributed by atoms with Crippen LogP contribution in [-0.2, 0) is 20.9 Å². The van der Waals surface area contributed by atoms with Crippen LogP contribution in [0.2, 0.25) is 0 Å². The molecule has 0 saturated carbocycles. The van der Waals surface area contributed by atoms with Crippen molar-refractivity contribution in [1.82, 2.24) is 20.9 Å². The van der Waals surface area contributed by atoms with E-state index < -0.39 is 23.8 Å². The van der Waals surface area contributed by atoms with Crippen molar-refractivity contribution in [2.24, 2.45) is 5.92 Å². The standard InChI is InChI=1S/C27H44N4O5/c1-6-20(7-2)18-31-16-14-22(17-29-25(33)35-19-21-11-9-8-10-12-21)30-23(24(31)32)13-15-28-26(34)36-27(3,4)5/h8-12,20,22-23,30H,6-7,13-19H2,1-5H3,(H,28,34)(H,29,33). The van der Waals surface area contributed by atoms with E-state index in [0.717, 1.165) is 18.4 Å². The van der Waals surface area contributed by atoms with Crippen molar-refractivity contribution in [3.8, 4) is 0 Å². The Bertz CT molecular complexity index is 823. The van der Waals surface area contributed by atoms with Gasteiger partial charge in [-0.1, -0.05) is 57.0 Å². The van der Waals surface area contributed by atoms with Crippen molar-refractivity contribution < 1.29 is 23.9 Å². The molecule has 3 amide bonds. The van der Waals surface area contributed by atoms with Gasteiger partial charge in [0.25, 0.3) is 0 Å². The average Bonchev–Trinajstić information content (AvgIpc) is 2.98. The third-order valence-electron chi connectivity index (χ3n) is 6.23. The van der Waals surface area contributed by atoms with Gasteiger partial charge in [-0.3, -0.25) is 4.79 Å². The summed E-state index contributed by atoms with van der Waals surface area (Å²) in [7, 11) is 0. The first-order valence-corrected chi connectivity index (χ1v) is 13.1. The maximum absolute atomic E-state index is 13.4. The molecule has 1 aromatic rings. The zero-order chi connectivity index (χ0) is 26.6. The highest BCUT2D eigenvalue weighted by atomic mass is 16.6. The van der Waals surface area contributed by atoms with Gasteiger partial charge in [-0.2, -0.15) is 0 Å². The minimum Gasteiger partial charge on any atom is -0.445 e. The van der Waals surface area contributed by atoms with E-state index in [4.69, 9.17) is 9.47 Å². The van der Waals surface area contributed by atoms with Crippen LogP contribution in [0.25, 0.3) is 0 Å². The van der Waals surface area contributed by atoms with Crippen LogP contribution in [0.1, 0.15) is 65.9 Å². The van der Waals surface area contributed by atoms with Gasteiger partial charge in [0, 0.05) is 32.2 Å². The summed E-state index contributed by atoms with van der Waals surface area (Å²) in [4.78, 5) is 39.6. The van der Waals surface area contributed by atoms with E-state index >= 15 is 0 Å². The highest BCUT2D eigenvalue weighted by Crippen LogP contribution is 2.16. The summed E-state index contributed by atoms with van der Waals surface area (Å²) in [5.74, 6) is 0.471. The fourth-order valence-corrected chi connectivity index (χ4v) is 4.10. The Labute approximate surface area is 215 Å². The van der Waals surface area contributed by atoms with Gasteiger partial charge in [-0.25, -0.2) is 9.59 Å². The number of nitrogens with one attached hydrogen (secondary N) is 3. The monoisotopic (exact) mass is 504 g/mol. The molecule has 9 heteroatoms. The summed E-state index contributed by atoms with van der Waals surface area (Å²) >= 11 is 0. The number of hydrogen-bond donors (Lipinski definition) is 3. The number of hydrogen-bond acceptors (Lipinski definition) is 6. The van der Waals surface area contributed by atoms with E-state index in [2.05, 4.69) is 29.8 Å². The number of rotatable bonds is 11. The summed E-state index contributed by atoms with van der Waals surface area (Å²) < 4.78 is 10.6.